The largest absolute Gasteiger partial charge is 0.497 e. The van der Waals surface area contributed by atoms with Crippen molar-refractivity contribution in [3.63, 3.8) is 0 Å². The molecule has 0 aliphatic carbocycles. The van der Waals surface area contributed by atoms with Crippen LogP contribution >= 0.6 is 0 Å². The lowest BCUT2D eigenvalue weighted by atomic mass is 9.99. The van der Waals surface area contributed by atoms with Crippen LogP contribution in [0.4, 0.5) is 0 Å². The number of benzene rings is 3. The number of allylic oxidation sites excluding steroid dienone is 1. The molecule has 0 bridgehead atoms. The van der Waals surface area contributed by atoms with Gasteiger partial charge in [-0.25, -0.2) is 14.6 Å². The van der Waals surface area contributed by atoms with Gasteiger partial charge in [0, 0.05) is 34.9 Å². The summed E-state index contributed by atoms with van der Waals surface area (Å²) in [6.45, 7) is 0. The molecule has 0 unspecified atom stereocenters. The Bertz CT molecular complexity index is 1560. The zero-order chi connectivity index (χ0) is 24.9. The number of ketones is 1. The molecule has 0 aliphatic heterocycles. The maximum Gasteiger partial charge on any atom is 0.340 e. The summed E-state index contributed by atoms with van der Waals surface area (Å²) in [7, 11) is 1.57. The minimum absolute atomic E-state index is 0.0257. The number of nitrogens with zero attached hydrogens (tertiary/aromatic N) is 3. The fourth-order valence-corrected chi connectivity index (χ4v) is 3.89. The van der Waals surface area contributed by atoms with Crippen molar-refractivity contribution in [1.29, 1.82) is 0 Å². The molecular formula is C28H23N5O3. The number of carbonyl (C=O) groups excluding carboxylic acids is 1. The van der Waals surface area contributed by atoms with Crippen molar-refractivity contribution in [2.24, 2.45) is 0 Å². The summed E-state index contributed by atoms with van der Waals surface area (Å²) >= 11 is 0. The number of H-pyrrole nitrogens is 2. The quantitative estimate of drug-likeness (QED) is 0.313. The van der Waals surface area contributed by atoms with Crippen LogP contribution in [0.2, 0.25) is 0 Å². The van der Waals surface area contributed by atoms with Gasteiger partial charge in [-0.2, -0.15) is 10.2 Å². The number of aromatic nitrogens is 5. The topological polar surface area (TPSA) is 106 Å². The lowest BCUT2D eigenvalue weighted by Crippen LogP contribution is -2.04. The van der Waals surface area contributed by atoms with Gasteiger partial charge in [0.25, 0.3) is 0 Å². The highest BCUT2D eigenvalue weighted by Gasteiger charge is 2.17. The molecule has 36 heavy (non-hydrogen) atoms. The second-order valence-electron chi connectivity index (χ2n) is 8.10. The molecule has 2 N–H and O–H groups in total. The number of aromatic amines is 2. The van der Waals surface area contributed by atoms with Gasteiger partial charge in [0.05, 0.1) is 18.5 Å². The SMILES string of the molecule is COc1ccc(C(=O)C/C(=C\c2cn(-c3ccccc3)nc2-c2ccccc2)c2n[nH]c(=O)[nH]2)cc1. The fourth-order valence-electron chi connectivity index (χ4n) is 3.89. The standard InChI is InChI=1S/C28H23N5O3/c1-36-24-14-12-19(13-15-24)25(34)17-21(27-29-28(35)31-30-27)16-22-18-33(23-10-6-3-7-11-23)32-26(22)20-8-4-2-5-9-20/h2-16,18H,17H2,1H3,(H2,29,30,31,35)/b21-16+. The normalized spacial score (nSPS) is 11.4. The number of para-hydroxylation sites is 1. The van der Waals surface area contributed by atoms with Crippen molar-refractivity contribution in [3.05, 3.63) is 119 Å². The van der Waals surface area contributed by atoms with E-state index < -0.39 is 5.69 Å². The van der Waals surface area contributed by atoms with Gasteiger partial charge in [-0.1, -0.05) is 48.5 Å². The fraction of sp³-hybridized carbons (Fsp3) is 0.0714. The molecule has 0 fully saturated rings. The first-order chi connectivity index (χ1) is 17.6. The van der Waals surface area contributed by atoms with Gasteiger partial charge in [-0.3, -0.25) is 9.78 Å². The van der Waals surface area contributed by atoms with Crippen LogP contribution < -0.4 is 10.4 Å². The average Bonchev–Trinajstić information content (AvgIpc) is 3.56. The van der Waals surface area contributed by atoms with E-state index in [4.69, 9.17) is 9.84 Å². The van der Waals surface area contributed by atoms with Gasteiger partial charge in [-0.05, 0) is 42.5 Å². The molecular weight excluding hydrogens is 454 g/mol. The van der Waals surface area contributed by atoms with Gasteiger partial charge in [0.2, 0.25) is 0 Å². The summed E-state index contributed by atoms with van der Waals surface area (Å²) in [5.41, 5.74) is 3.99. The van der Waals surface area contributed by atoms with Crippen LogP contribution in [0.5, 0.6) is 5.75 Å². The average molecular weight is 478 g/mol. The number of rotatable bonds is 8. The van der Waals surface area contributed by atoms with E-state index in [2.05, 4.69) is 15.2 Å². The van der Waals surface area contributed by atoms with E-state index in [1.807, 2.05) is 72.9 Å². The van der Waals surface area contributed by atoms with Crippen molar-refractivity contribution in [2.45, 2.75) is 6.42 Å². The van der Waals surface area contributed by atoms with Gasteiger partial charge in [-0.15, -0.1) is 0 Å². The summed E-state index contributed by atoms with van der Waals surface area (Å²) in [6.07, 6.45) is 3.78. The van der Waals surface area contributed by atoms with E-state index >= 15 is 0 Å². The van der Waals surface area contributed by atoms with Gasteiger partial charge >= 0.3 is 5.69 Å². The number of ether oxygens (including phenoxy) is 1. The maximum atomic E-state index is 13.2. The molecule has 178 valence electrons. The van der Waals surface area contributed by atoms with Crippen molar-refractivity contribution in [1.82, 2.24) is 25.0 Å². The van der Waals surface area contributed by atoms with E-state index in [0.717, 1.165) is 22.5 Å². The zero-order valence-electron chi connectivity index (χ0n) is 19.5. The third-order valence-corrected chi connectivity index (χ3v) is 5.71. The number of hydrogen-bond donors (Lipinski definition) is 2. The number of nitrogens with one attached hydrogen (secondary N) is 2. The highest BCUT2D eigenvalue weighted by molar-refractivity contribution is 6.04. The molecule has 5 aromatic rings. The molecule has 0 atom stereocenters. The third-order valence-electron chi connectivity index (χ3n) is 5.71. The van der Waals surface area contributed by atoms with Crippen molar-refractivity contribution in [3.8, 4) is 22.7 Å². The molecule has 3 aromatic carbocycles. The third kappa shape index (κ3) is 4.92. The number of hydrogen-bond acceptors (Lipinski definition) is 5. The summed E-state index contributed by atoms with van der Waals surface area (Å²) < 4.78 is 6.99. The Morgan fingerprint density at radius 2 is 1.67 bits per heavy atom. The van der Waals surface area contributed by atoms with Crippen LogP contribution in [-0.4, -0.2) is 37.9 Å². The number of carbonyl (C=O) groups is 1. The first kappa shape index (κ1) is 22.8. The predicted molar refractivity (Wildman–Crippen MR) is 138 cm³/mol. The van der Waals surface area contributed by atoms with Gasteiger partial charge in [0.15, 0.2) is 11.6 Å². The lowest BCUT2D eigenvalue weighted by Gasteiger charge is -2.06. The predicted octanol–water partition coefficient (Wildman–Crippen LogP) is 4.77. The number of Topliss-reactive ketones (excluding diaryl/α,β-unsaturated/α-hetero) is 1. The summed E-state index contributed by atoms with van der Waals surface area (Å²) in [5.74, 6) is 0.845. The van der Waals surface area contributed by atoms with Crippen molar-refractivity contribution < 1.29 is 9.53 Å². The van der Waals surface area contributed by atoms with E-state index in [-0.39, 0.29) is 12.2 Å². The Hall–Kier alpha value is -4.98. The Labute approximate surface area is 206 Å². The van der Waals surface area contributed by atoms with E-state index in [0.29, 0.717) is 22.7 Å². The highest BCUT2D eigenvalue weighted by Crippen LogP contribution is 2.29. The van der Waals surface area contributed by atoms with Gasteiger partial charge in [0.1, 0.15) is 5.75 Å². The van der Waals surface area contributed by atoms with E-state index in [1.54, 1.807) is 36.1 Å². The zero-order valence-corrected chi connectivity index (χ0v) is 19.5. The second kappa shape index (κ2) is 10.1. The molecule has 0 radical (unpaired) electrons. The van der Waals surface area contributed by atoms with Crippen LogP contribution in [0.15, 0.2) is 95.9 Å². The molecule has 0 saturated carbocycles. The number of methoxy groups -OCH3 is 1. The summed E-state index contributed by atoms with van der Waals surface area (Å²) in [4.78, 5) is 27.7. The molecule has 0 aliphatic rings. The molecule has 2 aromatic heterocycles. The second-order valence-corrected chi connectivity index (χ2v) is 8.10. The first-order valence-electron chi connectivity index (χ1n) is 11.3. The van der Waals surface area contributed by atoms with E-state index in [1.165, 1.54) is 0 Å². The molecule has 0 saturated heterocycles. The highest BCUT2D eigenvalue weighted by atomic mass is 16.5. The Kier molecular flexibility index (Phi) is 6.40. The van der Waals surface area contributed by atoms with Crippen LogP contribution in [0.3, 0.4) is 0 Å². The van der Waals surface area contributed by atoms with Gasteiger partial charge < -0.3 is 4.74 Å². The maximum absolute atomic E-state index is 13.2. The lowest BCUT2D eigenvalue weighted by molar-refractivity contribution is 0.0998. The minimum Gasteiger partial charge on any atom is -0.497 e. The molecule has 0 spiro atoms. The summed E-state index contributed by atoms with van der Waals surface area (Å²) in [6, 6.07) is 26.5. The van der Waals surface area contributed by atoms with Crippen LogP contribution in [0, 0.1) is 0 Å². The molecule has 0 amide bonds. The minimum atomic E-state index is -0.448. The molecule has 2 heterocycles. The molecule has 8 heteroatoms. The Morgan fingerprint density at radius 3 is 2.31 bits per heavy atom. The monoisotopic (exact) mass is 477 g/mol. The first-order valence-corrected chi connectivity index (χ1v) is 11.3. The van der Waals surface area contributed by atoms with Crippen LogP contribution in [-0.2, 0) is 0 Å². The Balaban J connectivity index is 1.60. The Morgan fingerprint density at radius 1 is 0.972 bits per heavy atom. The summed E-state index contributed by atoms with van der Waals surface area (Å²) in [5, 5.41) is 11.3. The molecule has 5 rings (SSSR count). The van der Waals surface area contributed by atoms with Crippen molar-refractivity contribution in [2.75, 3.05) is 7.11 Å². The van der Waals surface area contributed by atoms with Crippen LogP contribution in [0.1, 0.15) is 28.2 Å². The molecule has 8 nitrogen and oxygen atoms in total. The smallest absolute Gasteiger partial charge is 0.340 e. The van der Waals surface area contributed by atoms with E-state index in [9.17, 15) is 9.59 Å². The van der Waals surface area contributed by atoms with Crippen LogP contribution in [0.25, 0.3) is 28.6 Å². The van der Waals surface area contributed by atoms with Crippen molar-refractivity contribution >= 4 is 17.4 Å².